The third kappa shape index (κ3) is 4.32. The van der Waals surface area contributed by atoms with Crippen LogP contribution in [0, 0.1) is 5.41 Å². The molecule has 1 aromatic carbocycles. The number of hydrogen-bond donors (Lipinski definition) is 2. The maximum Gasteiger partial charge on any atom is 0.227 e. The number of halogens is 1. The highest BCUT2D eigenvalue weighted by Gasteiger charge is 2.38. The molecule has 138 valence electrons. The monoisotopic (exact) mass is 367 g/mol. The SMILES string of the molecule is Cl.NCC1(C(=O)NCc2ccc(N3CCCC3=O)cc2)CCOCC1. The predicted molar refractivity (Wildman–Crippen MR) is 98.7 cm³/mol. The molecule has 3 rings (SSSR count). The van der Waals surface area contributed by atoms with E-state index in [2.05, 4.69) is 5.32 Å². The summed E-state index contributed by atoms with van der Waals surface area (Å²) in [5, 5.41) is 3.00. The minimum absolute atomic E-state index is 0. The minimum Gasteiger partial charge on any atom is -0.381 e. The topological polar surface area (TPSA) is 84.7 Å². The van der Waals surface area contributed by atoms with E-state index >= 15 is 0 Å². The van der Waals surface area contributed by atoms with Gasteiger partial charge in [0.2, 0.25) is 11.8 Å². The summed E-state index contributed by atoms with van der Waals surface area (Å²) in [6.45, 7) is 2.77. The van der Waals surface area contributed by atoms with Crippen LogP contribution in [0.5, 0.6) is 0 Å². The van der Waals surface area contributed by atoms with Gasteiger partial charge in [0.15, 0.2) is 0 Å². The molecular formula is C18H26ClN3O3. The fourth-order valence-corrected chi connectivity index (χ4v) is 3.37. The molecule has 2 saturated heterocycles. The van der Waals surface area contributed by atoms with Gasteiger partial charge in [-0.2, -0.15) is 0 Å². The Kier molecular flexibility index (Phi) is 6.81. The Hall–Kier alpha value is -1.63. The zero-order valence-electron chi connectivity index (χ0n) is 14.3. The van der Waals surface area contributed by atoms with Crippen LogP contribution < -0.4 is 16.0 Å². The summed E-state index contributed by atoms with van der Waals surface area (Å²) in [6, 6.07) is 7.80. The van der Waals surface area contributed by atoms with Gasteiger partial charge in [-0.1, -0.05) is 12.1 Å². The van der Waals surface area contributed by atoms with E-state index < -0.39 is 5.41 Å². The van der Waals surface area contributed by atoms with Crippen LogP contribution in [0.3, 0.4) is 0 Å². The molecule has 0 aromatic heterocycles. The van der Waals surface area contributed by atoms with Crippen LogP contribution in [-0.2, 0) is 20.9 Å². The maximum absolute atomic E-state index is 12.5. The first-order valence-electron chi connectivity index (χ1n) is 8.60. The Morgan fingerprint density at radius 3 is 2.48 bits per heavy atom. The Bertz CT molecular complexity index is 600. The largest absolute Gasteiger partial charge is 0.381 e. The molecule has 2 amide bonds. The molecular weight excluding hydrogens is 342 g/mol. The van der Waals surface area contributed by atoms with E-state index in [1.165, 1.54) is 0 Å². The number of nitrogens with one attached hydrogen (secondary N) is 1. The Labute approximate surface area is 154 Å². The summed E-state index contributed by atoms with van der Waals surface area (Å²) in [5.41, 5.74) is 7.30. The van der Waals surface area contributed by atoms with Crippen molar-refractivity contribution in [3.63, 3.8) is 0 Å². The maximum atomic E-state index is 12.5. The average Bonchev–Trinajstić information content (AvgIpc) is 3.06. The van der Waals surface area contributed by atoms with Gasteiger partial charge in [-0.15, -0.1) is 12.4 Å². The van der Waals surface area contributed by atoms with E-state index in [0.717, 1.165) is 24.2 Å². The second-order valence-electron chi connectivity index (χ2n) is 6.59. The summed E-state index contributed by atoms with van der Waals surface area (Å²) in [4.78, 5) is 26.1. The first-order valence-corrected chi connectivity index (χ1v) is 8.60. The van der Waals surface area contributed by atoms with E-state index in [1.54, 1.807) is 0 Å². The molecule has 25 heavy (non-hydrogen) atoms. The van der Waals surface area contributed by atoms with Gasteiger partial charge in [0.1, 0.15) is 0 Å². The van der Waals surface area contributed by atoms with Gasteiger partial charge in [0, 0.05) is 45.0 Å². The van der Waals surface area contributed by atoms with Crippen LogP contribution in [0.4, 0.5) is 5.69 Å². The number of carbonyl (C=O) groups excluding carboxylic acids is 2. The van der Waals surface area contributed by atoms with Gasteiger partial charge in [-0.25, -0.2) is 0 Å². The quantitative estimate of drug-likeness (QED) is 0.828. The molecule has 0 bridgehead atoms. The highest BCUT2D eigenvalue weighted by atomic mass is 35.5. The lowest BCUT2D eigenvalue weighted by Gasteiger charge is -2.34. The summed E-state index contributed by atoms with van der Waals surface area (Å²) in [6.07, 6.45) is 2.89. The molecule has 0 atom stereocenters. The second kappa shape index (κ2) is 8.65. The van der Waals surface area contributed by atoms with Gasteiger partial charge in [-0.3, -0.25) is 9.59 Å². The normalized spacial score (nSPS) is 19.4. The van der Waals surface area contributed by atoms with E-state index in [1.807, 2.05) is 29.2 Å². The number of rotatable bonds is 5. The van der Waals surface area contributed by atoms with E-state index in [0.29, 0.717) is 45.6 Å². The highest BCUT2D eigenvalue weighted by molar-refractivity contribution is 5.95. The minimum atomic E-state index is -0.500. The third-order valence-electron chi connectivity index (χ3n) is 5.10. The van der Waals surface area contributed by atoms with Gasteiger partial charge >= 0.3 is 0 Å². The molecule has 1 aromatic rings. The zero-order valence-corrected chi connectivity index (χ0v) is 15.1. The number of anilines is 1. The van der Waals surface area contributed by atoms with Gasteiger partial charge in [0.05, 0.1) is 5.41 Å². The van der Waals surface area contributed by atoms with Gasteiger partial charge in [-0.05, 0) is 37.0 Å². The number of ether oxygens (including phenoxy) is 1. The average molecular weight is 368 g/mol. The molecule has 2 heterocycles. The molecule has 2 fully saturated rings. The molecule has 0 saturated carbocycles. The number of carbonyl (C=O) groups is 2. The van der Waals surface area contributed by atoms with Crippen LogP contribution >= 0.6 is 12.4 Å². The first-order chi connectivity index (χ1) is 11.6. The zero-order chi connectivity index (χ0) is 17.0. The van der Waals surface area contributed by atoms with Crippen molar-refractivity contribution in [3.05, 3.63) is 29.8 Å². The smallest absolute Gasteiger partial charge is 0.227 e. The van der Waals surface area contributed by atoms with Crippen molar-refractivity contribution < 1.29 is 14.3 Å². The number of nitrogens with zero attached hydrogens (tertiary/aromatic N) is 1. The van der Waals surface area contributed by atoms with Crippen LogP contribution in [0.25, 0.3) is 0 Å². The predicted octanol–water partition coefficient (Wildman–Crippen LogP) is 1.61. The van der Waals surface area contributed by atoms with Gasteiger partial charge < -0.3 is 20.7 Å². The van der Waals surface area contributed by atoms with E-state index in [-0.39, 0.29) is 24.2 Å². The number of amides is 2. The molecule has 2 aliphatic heterocycles. The molecule has 2 aliphatic rings. The Morgan fingerprint density at radius 2 is 1.92 bits per heavy atom. The Morgan fingerprint density at radius 1 is 1.24 bits per heavy atom. The van der Waals surface area contributed by atoms with Crippen molar-refractivity contribution in [2.24, 2.45) is 11.1 Å². The number of nitrogens with two attached hydrogens (primary N) is 1. The first kappa shape index (κ1) is 19.7. The molecule has 3 N–H and O–H groups in total. The molecule has 6 nitrogen and oxygen atoms in total. The third-order valence-corrected chi connectivity index (χ3v) is 5.10. The van der Waals surface area contributed by atoms with E-state index in [9.17, 15) is 9.59 Å². The summed E-state index contributed by atoms with van der Waals surface area (Å²) >= 11 is 0. The van der Waals surface area contributed by atoms with E-state index in [4.69, 9.17) is 10.5 Å². The molecule has 0 radical (unpaired) electrons. The lowest BCUT2D eigenvalue weighted by atomic mass is 9.79. The summed E-state index contributed by atoms with van der Waals surface area (Å²) in [7, 11) is 0. The summed E-state index contributed by atoms with van der Waals surface area (Å²) < 4.78 is 5.34. The standard InChI is InChI=1S/C18H25N3O3.ClH/c19-13-18(7-10-24-11-8-18)17(23)20-12-14-3-5-15(6-4-14)21-9-1-2-16(21)22;/h3-6H,1-2,7-13,19H2,(H,20,23);1H. The lowest BCUT2D eigenvalue weighted by Crippen LogP contribution is -2.48. The van der Waals surface area contributed by atoms with Crippen LogP contribution in [-0.4, -0.2) is 38.1 Å². The van der Waals surface area contributed by atoms with Crippen molar-refractivity contribution >= 4 is 29.9 Å². The molecule has 7 heteroatoms. The van der Waals surface area contributed by atoms with Crippen molar-refractivity contribution in [3.8, 4) is 0 Å². The number of benzene rings is 1. The number of hydrogen-bond acceptors (Lipinski definition) is 4. The summed E-state index contributed by atoms with van der Waals surface area (Å²) in [5.74, 6) is 0.188. The van der Waals surface area contributed by atoms with Crippen molar-refractivity contribution in [2.45, 2.75) is 32.2 Å². The molecule has 0 spiro atoms. The van der Waals surface area contributed by atoms with Crippen molar-refractivity contribution in [2.75, 3.05) is 31.2 Å². The van der Waals surface area contributed by atoms with Crippen LogP contribution in [0.15, 0.2) is 24.3 Å². The highest BCUT2D eigenvalue weighted by Crippen LogP contribution is 2.29. The van der Waals surface area contributed by atoms with Gasteiger partial charge in [0.25, 0.3) is 0 Å². The molecule has 0 aliphatic carbocycles. The second-order valence-corrected chi connectivity index (χ2v) is 6.59. The fraction of sp³-hybridized carbons (Fsp3) is 0.556. The van der Waals surface area contributed by atoms with Crippen LogP contribution in [0.1, 0.15) is 31.2 Å². The van der Waals surface area contributed by atoms with Crippen molar-refractivity contribution in [1.29, 1.82) is 0 Å². The van der Waals surface area contributed by atoms with Crippen molar-refractivity contribution in [1.82, 2.24) is 5.32 Å². The molecule has 0 unspecified atom stereocenters. The fourth-order valence-electron chi connectivity index (χ4n) is 3.37. The Balaban J connectivity index is 0.00000225. The lowest BCUT2D eigenvalue weighted by molar-refractivity contribution is -0.136. The van der Waals surface area contributed by atoms with Crippen LogP contribution in [0.2, 0.25) is 0 Å².